The molecule has 1 aliphatic rings. The highest BCUT2D eigenvalue weighted by Gasteiger charge is 2.28. The van der Waals surface area contributed by atoms with Gasteiger partial charge in [-0.05, 0) is 32.4 Å². The Morgan fingerprint density at radius 3 is 2.78 bits per heavy atom. The molecule has 2 rings (SSSR count). The summed E-state index contributed by atoms with van der Waals surface area (Å²) in [5, 5.41) is 13.3. The summed E-state index contributed by atoms with van der Waals surface area (Å²) in [4.78, 5) is 2.42. The van der Waals surface area contributed by atoms with Crippen LogP contribution in [0.3, 0.4) is 0 Å². The molecule has 2 N–H and O–H groups in total. The molecule has 3 nitrogen and oxygen atoms in total. The summed E-state index contributed by atoms with van der Waals surface area (Å²) in [6.45, 7) is 6.46. The molecule has 1 aromatic carbocycles. The molecular formula is C15H24N2O. The summed E-state index contributed by atoms with van der Waals surface area (Å²) in [6, 6.07) is 8.72. The highest BCUT2D eigenvalue weighted by Crippen LogP contribution is 2.22. The zero-order valence-corrected chi connectivity index (χ0v) is 11.6. The SMILES string of the molecule is CC1CN(C)C(C)CC1NCc1ccccc1O. The van der Waals surface area contributed by atoms with E-state index >= 15 is 0 Å². The van der Waals surface area contributed by atoms with Gasteiger partial charge in [0.25, 0.3) is 0 Å². The number of phenols is 1. The van der Waals surface area contributed by atoms with Crippen LogP contribution in [0.2, 0.25) is 0 Å². The maximum atomic E-state index is 9.75. The first kappa shape index (κ1) is 13.4. The van der Waals surface area contributed by atoms with E-state index in [4.69, 9.17) is 0 Å². The number of likely N-dealkylation sites (tertiary alicyclic amines) is 1. The molecule has 1 heterocycles. The van der Waals surface area contributed by atoms with Gasteiger partial charge in [-0.25, -0.2) is 0 Å². The van der Waals surface area contributed by atoms with Crippen molar-refractivity contribution >= 4 is 0 Å². The van der Waals surface area contributed by atoms with Crippen molar-refractivity contribution in [3.63, 3.8) is 0 Å². The van der Waals surface area contributed by atoms with Gasteiger partial charge in [0.15, 0.2) is 0 Å². The smallest absolute Gasteiger partial charge is 0.120 e. The van der Waals surface area contributed by atoms with Gasteiger partial charge in [0.05, 0.1) is 0 Å². The summed E-state index contributed by atoms with van der Waals surface area (Å²) in [6.07, 6.45) is 1.17. The van der Waals surface area contributed by atoms with Crippen LogP contribution in [0.1, 0.15) is 25.8 Å². The van der Waals surface area contributed by atoms with Crippen molar-refractivity contribution < 1.29 is 5.11 Å². The standard InChI is InChI=1S/C15H24N2O/c1-11-10-17(3)12(2)8-14(11)16-9-13-6-4-5-7-15(13)18/h4-7,11-12,14,16,18H,8-10H2,1-3H3. The molecule has 0 bridgehead atoms. The molecule has 0 saturated carbocycles. The minimum Gasteiger partial charge on any atom is -0.508 e. The normalized spacial score (nSPS) is 29.4. The molecule has 1 aliphatic heterocycles. The maximum absolute atomic E-state index is 9.75. The van der Waals surface area contributed by atoms with Crippen molar-refractivity contribution in [1.29, 1.82) is 0 Å². The van der Waals surface area contributed by atoms with Gasteiger partial charge in [-0.1, -0.05) is 25.1 Å². The van der Waals surface area contributed by atoms with Gasteiger partial charge in [0.1, 0.15) is 5.75 Å². The Morgan fingerprint density at radius 1 is 1.33 bits per heavy atom. The molecule has 1 saturated heterocycles. The second-order valence-electron chi connectivity index (χ2n) is 5.62. The average molecular weight is 248 g/mol. The monoisotopic (exact) mass is 248 g/mol. The van der Waals surface area contributed by atoms with Crippen LogP contribution < -0.4 is 5.32 Å². The van der Waals surface area contributed by atoms with E-state index in [1.165, 1.54) is 6.42 Å². The highest BCUT2D eigenvalue weighted by atomic mass is 16.3. The summed E-state index contributed by atoms with van der Waals surface area (Å²) in [7, 11) is 2.19. The van der Waals surface area contributed by atoms with Crippen LogP contribution >= 0.6 is 0 Å². The summed E-state index contributed by atoms with van der Waals surface area (Å²) in [5.74, 6) is 1.04. The van der Waals surface area contributed by atoms with Gasteiger partial charge in [-0.15, -0.1) is 0 Å². The number of piperidine rings is 1. The van der Waals surface area contributed by atoms with Crippen LogP contribution in [-0.4, -0.2) is 35.7 Å². The second-order valence-corrected chi connectivity index (χ2v) is 5.62. The van der Waals surface area contributed by atoms with Crippen molar-refractivity contribution in [2.45, 2.75) is 38.9 Å². The fraction of sp³-hybridized carbons (Fsp3) is 0.600. The Labute approximate surface area is 110 Å². The number of hydrogen-bond acceptors (Lipinski definition) is 3. The third kappa shape index (κ3) is 3.03. The molecule has 0 aromatic heterocycles. The van der Waals surface area contributed by atoms with Crippen LogP contribution in [0.4, 0.5) is 0 Å². The van der Waals surface area contributed by atoms with E-state index in [1.54, 1.807) is 6.07 Å². The topological polar surface area (TPSA) is 35.5 Å². The van der Waals surface area contributed by atoms with Gasteiger partial charge < -0.3 is 15.3 Å². The van der Waals surface area contributed by atoms with Crippen LogP contribution in [-0.2, 0) is 6.54 Å². The van der Waals surface area contributed by atoms with Gasteiger partial charge in [-0.2, -0.15) is 0 Å². The van der Waals surface area contributed by atoms with Crippen molar-refractivity contribution in [2.75, 3.05) is 13.6 Å². The second kappa shape index (κ2) is 5.72. The number of aromatic hydroxyl groups is 1. The third-order valence-corrected chi connectivity index (χ3v) is 4.16. The Bertz CT molecular complexity index is 394. The summed E-state index contributed by atoms with van der Waals surface area (Å²) >= 11 is 0. The highest BCUT2D eigenvalue weighted by molar-refractivity contribution is 5.31. The molecule has 0 amide bonds. The van der Waals surface area contributed by atoms with Crippen molar-refractivity contribution in [1.82, 2.24) is 10.2 Å². The summed E-state index contributed by atoms with van der Waals surface area (Å²) < 4.78 is 0. The number of rotatable bonds is 3. The molecular weight excluding hydrogens is 224 g/mol. The number of benzene rings is 1. The lowest BCUT2D eigenvalue weighted by atomic mass is 9.89. The molecule has 0 spiro atoms. The van der Waals surface area contributed by atoms with Crippen LogP contribution in [0, 0.1) is 5.92 Å². The Kier molecular flexibility index (Phi) is 4.25. The number of hydrogen-bond donors (Lipinski definition) is 2. The number of nitrogens with one attached hydrogen (secondary N) is 1. The van der Waals surface area contributed by atoms with Crippen LogP contribution in [0.5, 0.6) is 5.75 Å². The van der Waals surface area contributed by atoms with Crippen molar-refractivity contribution in [3.8, 4) is 5.75 Å². The van der Waals surface area contributed by atoms with Crippen LogP contribution in [0.15, 0.2) is 24.3 Å². The van der Waals surface area contributed by atoms with E-state index in [0.717, 1.165) is 18.7 Å². The van der Waals surface area contributed by atoms with Gasteiger partial charge >= 0.3 is 0 Å². The predicted octanol–water partition coefficient (Wildman–Crippen LogP) is 2.21. The third-order valence-electron chi connectivity index (χ3n) is 4.16. The molecule has 100 valence electrons. The minimum atomic E-state index is 0.388. The predicted molar refractivity (Wildman–Crippen MR) is 74.6 cm³/mol. The first-order chi connectivity index (χ1) is 8.58. The molecule has 1 fully saturated rings. The molecule has 0 aliphatic carbocycles. The number of nitrogens with zero attached hydrogens (tertiary/aromatic N) is 1. The van der Waals surface area contributed by atoms with E-state index in [2.05, 4.69) is 31.1 Å². The molecule has 18 heavy (non-hydrogen) atoms. The average Bonchev–Trinajstić information content (AvgIpc) is 2.34. The Hall–Kier alpha value is -1.06. The minimum absolute atomic E-state index is 0.388. The Balaban J connectivity index is 1.92. The quantitative estimate of drug-likeness (QED) is 0.861. The zero-order chi connectivity index (χ0) is 13.1. The molecule has 0 radical (unpaired) electrons. The van der Waals surface area contributed by atoms with Gasteiger partial charge in [0.2, 0.25) is 0 Å². The molecule has 3 atom stereocenters. The van der Waals surface area contributed by atoms with Crippen LogP contribution in [0.25, 0.3) is 0 Å². The van der Waals surface area contributed by atoms with Crippen molar-refractivity contribution in [2.24, 2.45) is 5.92 Å². The lowest BCUT2D eigenvalue weighted by Crippen LogP contribution is -2.50. The summed E-state index contributed by atoms with van der Waals surface area (Å²) in [5.41, 5.74) is 0.983. The van der Waals surface area contributed by atoms with E-state index < -0.39 is 0 Å². The number of para-hydroxylation sites is 1. The number of phenolic OH excluding ortho intramolecular Hbond substituents is 1. The largest absolute Gasteiger partial charge is 0.508 e. The van der Waals surface area contributed by atoms with E-state index in [-0.39, 0.29) is 0 Å². The van der Waals surface area contributed by atoms with Gasteiger partial charge in [0, 0.05) is 30.7 Å². The lowest BCUT2D eigenvalue weighted by Gasteiger charge is -2.40. The fourth-order valence-electron chi connectivity index (χ4n) is 2.73. The van der Waals surface area contributed by atoms with E-state index in [0.29, 0.717) is 23.8 Å². The van der Waals surface area contributed by atoms with Gasteiger partial charge in [-0.3, -0.25) is 0 Å². The molecule has 3 heteroatoms. The fourth-order valence-corrected chi connectivity index (χ4v) is 2.73. The lowest BCUT2D eigenvalue weighted by molar-refractivity contribution is 0.121. The van der Waals surface area contributed by atoms with E-state index in [1.807, 2.05) is 18.2 Å². The Morgan fingerprint density at radius 2 is 2.06 bits per heavy atom. The maximum Gasteiger partial charge on any atom is 0.120 e. The molecule has 1 aromatic rings. The van der Waals surface area contributed by atoms with Crippen molar-refractivity contribution in [3.05, 3.63) is 29.8 Å². The van der Waals surface area contributed by atoms with E-state index in [9.17, 15) is 5.11 Å². The zero-order valence-electron chi connectivity index (χ0n) is 11.6. The first-order valence-electron chi connectivity index (χ1n) is 6.78. The molecule has 3 unspecified atom stereocenters. The first-order valence-corrected chi connectivity index (χ1v) is 6.78.